The van der Waals surface area contributed by atoms with Crippen molar-refractivity contribution in [2.24, 2.45) is 0 Å². The van der Waals surface area contributed by atoms with Crippen LogP contribution < -0.4 is 10.6 Å². The zero-order valence-corrected chi connectivity index (χ0v) is 17.0. The molecule has 0 aromatic heterocycles. The zero-order chi connectivity index (χ0) is 20.1. The quantitative estimate of drug-likeness (QED) is 0.774. The molecule has 3 aliphatic rings. The Balaban J connectivity index is 1.48. The summed E-state index contributed by atoms with van der Waals surface area (Å²) in [4.78, 5) is 29.8. The SMILES string of the molecule is O=C(C1CNCN1)N1CC(=O)N(C2CCCCC2)CC(OCc2ccccc2)C1. The highest BCUT2D eigenvalue weighted by atomic mass is 16.5. The lowest BCUT2D eigenvalue weighted by Gasteiger charge is -2.34. The molecule has 2 N–H and O–H groups in total. The van der Waals surface area contributed by atoms with E-state index < -0.39 is 0 Å². The van der Waals surface area contributed by atoms with Crippen molar-refractivity contribution in [1.29, 1.82) is 0 Å². The Morgan fingerprint density at radius 3 is 2.62 bits per heavy atom. The lowest BCUT2D eigenvalue weighted by Crippen LogP contribution is -2.49. The number of nitrogens with zero attached hydrogens (tertiary/aromatic N) is 2. The summed E-state index contributed by atoms with van der Waals surface area (Å²) in [5, 5.41) is 6.32. The Bertz CT molecular complexity index is 687. The first-order valence-corrected chi connectivity index (χ1v) is 10.9. The van der Waals surface area contributed by atoms with Crippen LogP contribution in [-0.4, -0.2) is 72.6 Å². The molecule has 2 atom stereocenters. The largest absolute Gasteiger partial charge is 0.370 e. The molecule has 1 aliphatic carbocycles. The van der Waals surface area contributed by atoms with Crippen LogP contribution in [0.25, 0.3) is 0 Å². The molecule has 7 heteroatoms. The smallest absolute Gasteiger partial charge is 0.242 e. The van der Waals surface area contributed by atoms with Crippen LogP contribution in [0.4, 0.5) is 0 Å². The summed E-state index contributed by atoms with van der Waals surface area (Å²) in [6.07, 6.45) is 5.52. The third-order valence-corrected chi connectivity index (χ3v) is 6.25. The zero-order valence-electron chi connectivity index (χ0n) is 17.0. The van der Waals surface area contributed by atoms with Gasteiger partial charge in [-0.1, -0.05) is 49.6 Å². The number of hydrogen-bond acceptors (Lipinski definition) is 5. The maximum atomic E-state index is 13.1. The Hall–Kier alpha value is -1.96. The highest BCUT2D eigenvalue weighted by Gasteiger charge is 2.37. The standard InChI is InChI=1S/C22H32N4O3/c27-21-14-25(22(28)20-11-23-16-24-20)12-19(29-15-17-7-3-1-4-8-17)13-26(21)18-9-5-2-6-10-18/h1,3-4,7-8,18-20,23-24H,2,5-6,9-16H2. The number of hydrogen-bond donors (Lipinski definition) is 2. The summed E-state index contributed by atoms with van der Waals surface area (Å²) < 4.78 is 6.24. The molecular weight excluding hydrogens is 368 g/mol. The van der Waals surface area contributed by atoms with Gasteiger partial charge in [0, 0.05) is 32.3 Å². The van der Waals surface area contributed by atoms with Gasteiger partial charge < -0.3 is 19.9 Å². The average molecular weight is 401 g/mol. The maximum absolute atomic E-state index is 13.1. The minimum atomic E-state index is -0.265. The number of ether oxygens (including phenoxy) is 1. The molecule has 2 amide bonds. The first kappa shape index (κ1) is 20.3. The van der Waals surface area contributed by atoms with E-state index in [9.17, 15) is 9.59 Å². The normalized spacial score (nSPS) is 26.6. The average Bonchev–Trinajstić information content (AvgIpc) is 3.24. The van der Waals surface area contributed by atoms with E-state index in [4.69, 9.17) is 4.74 Å². The highest BCUT2D eigenvalue weighted by Crippen LogP contribution is 2.25. The van der Waals surface area contributed by atoms with E-state index in [1.807, 2.05) is 35.2 Å². The van der Waals surface area contributed by atoms with Crippen LogP contribution in [-0.2, 0) is 20.9 Å². The van der Waals surface area contributed by atoms with Crippen molar-refractivity contribution in [3.63, 3.8) is 0 Å². The molecule has 2 unspecified atom stereocenters. The third kappa shape index (κ3) is 5.15. The number of amides is 2. The highest BCUT2D eigenvalue weighted by molar-refractivity contribution is 5.88. The third-order valence-electron chi connectivity index (χ3n) is 6.25. The van der Waals surface area contributed by atoms with Gasteiger partial charge in [-0.15, -0.1) is 0 Å². The Morgan fingerprint density at radius 1 is 1.10 bits per heavy atom. The fraction of sp³-hybridized carbons (Fsp3) is 0.636. The van der Waals surface area contributed by atoms with Gasteiger partial charge in [-0.25, -0.2) is 0 Å². The molecule has 2 heterocycles. The minimum Gasteiger partial charge on any atom is -0.370 e. The summed E-state index contributed by atoms with van der Waals surface area (Å²) in [5.41, 5.74) is 1.10. The van der Waals surface area contributed by atoms with Gasteiger partial charge in [0.15, 0.2) is 0 Å². The van der Waals surface area contributed by atoms with Crippen LogP contribution in [0.15, 0.2) is 30.3 Å². The maximum Gasteiger partial charge on any atom is 0.242 e. The van der Waals surface area contributed by atoms with E-state index in [0.717, 1.165) is 18.4 Å². The first-order chi connectivity index (χ1) is 14.2. The molecule has 0 bridgehead atoms. The van der Waals surface area contributed by atoms with E-state index in [-0.39, 0.29) is 36.5 Å². The monoisotopic (exact) mass is 400 g/mol. The van der Waals surface area contributed by atoms with Gasteiger partial charge in [0.2, 0.25) is 11.8 Å². The summed E-state index contributed by atoms with van der Waals surface area (Å²) >= 11 is 0. The molecule has 3 fully saturated rings. The van der Waals surface area contributed by atoms with Gasteiger partial charge in [0.1, 0.15) is 6.04 Å². The van der Waals surface area contributed by atoms with Crippen molar-refractivity contribution in [2.75, 3.05) is 32.8 Å². The van der Waals surface area contributed by atoms with Gasteiger partial charge in [-0.2, -0.15) is 0 Å². The van der Waals surface area contributed by atoms with Crippen LogP contribution in [0, 0.1) is 0 Å². The summed E-state index contributed by atoms with van der Waals surface area (Å²) in [6.45, 7) is 2.89. The molecule has 29 heavy (non-hydrogen) atoms. The van der Waals surface area contributed by atoms with E-state index in [1.165, 1.54) is 19.3 Å². The summed E-state index contributed by atoms with van der Waals surface area (Å²) in [6, 6.07) is 10.1. The fourth-order valence-electron chi connectivity index (χ4n) is 4.63. The second-order valence-corrected chi connectivity index (χ2v) is 8.36. The van der Waals surface area contributed by atoms with Gasteiger partial charge in [-0.3, -0.25) is 14.9 Å². The molecule has 1 aromatic carbocycles. The summed E-state index contributed by atoms with van der Waals surface area (Å²) in [5.74, 6) is 0.0455. The van der Waals surface area contributed by atoms with Gasteiger partial charge in [0.25, 0.3) is 0 Å². The molecule has 1 aromatic rings. The van der Waals surface area contributed by atoms with Crippen LogP contribution in [0.2, 0.25) is 0 Å². The number of carbonyl (C=O) groups excluding carboxylic acids is 2. The number of rotatable bonds is 5. The van der Waals surface area contributed by atoms with E-state index in [0.29, 0.717) is 32.9 Å². The second-order valence-electron chi connectivity index (χ2n) is 8.36. The lowest BCUT2D eigenvalue weighted by atomic mass is 9.94. The number of carbonyl (C=O) groups is 2. The lowest BCUT2D eigenvalue weighted by molar-refractivity contribution is -0.141. The molecule has 0 radical (unpaired) electrons. The van der Waals surface area contributed by atoms with Crippen molar-refractivity contribution in [1.82, 2.24) is 20.4 Å². The van der Waals surface area contributed by atoms with Gasteiger partial charge in [-0.05, 0) is 18.4 Å². The van der Waals surface area contributed by atoms with Crippen molar-refractivity contribution in [3.8, 4) is 0 Å². The number of nitrogens with one attached hydrogen (secondary N) is 2. The molecule has 7 nitrogen and oxygen atoms in total. The van der Waals surface area contributed by atoms with Crippen LogP contribution in [0.5, 0.6) is 0 Å². The molecule has 4 rings (SSSR count). The molecule has 1 saturated carbocycles. The topological polar surface area (TPSA) is 73.9 Å². The summed E-state index contributed by atoms with van der Waals surface area (Å²) in [7, 11) is 0. The molecular formula is C22H32N4O3. The fourth-order valence-corrected chi connectivity index (χ4v) is 4.63. The van der Waals surface area contributed by atoms with Gasteiger partial charge >= 0.3 is 0 Å². The van der Waals surface area contributed by atoms with E-state index >= 15 is 0 Å². The van der Waals surface area contributed by atoms with Crippen molar-refractivity contribution < 1.29 is 14.3 Å². The van der Waals surface area contributed by atoms with Gasteiger partial charge in [0.05, 0.1) is 19.3 Å². The predicted molar refractivity (Wildman–Crippen MR) is 110 cm³/mol. The molecule has 2 saturated heterocycles. The van der Waals surface area contributed by atoms with Crippen molar-refractivity contribution in [3.05, 3.63) is 35.9 Å². The first-order valence-electron chi connectivity index (χ1n) is 10.9. The van der Waals surface area contributed by atoms with E-state index in [1.54, 1.807) is 4.90 Å². The molecule has 0 spiro atoms. The minimum absolute atomic E-state index is 0.0119. The predicted octanol–water partition coefficient (Wildman–Crippen LogP) is 1.09. The van der Waals surface area contributed by atoms with E-state index in [2.05, 4.69) is 10.6 Å². The Kier molecular flexibility index (Phi) is 6.79. The second kappa shape index (κ2) is 9.69. The van der Waals surface area contributed by atoms with Crippen molar-refractivity contribution >= 4 is 11.8 Å². The molecule has 2 aliphatic heterocycles. The van der Waals surface area contributed by atoms with Crippen molar-refractivity contribution in [2.45, 2.75) is 56.9 Å². The van der Waals surface area contributed by atoms with Crippen LogP contribution in [0.3, 0.4) is 0 Å². The Labute approximate surface area is 172 Å². The van der Waals surface area contributed by atoms with Crippen LogP contribution >= 0.6 is 0 Å². The number of benzene rings is 1. The molecule has 158 valence electrons. The van der Waals surface area contributed by atoms with Crippen LogP contribution in [0.1, 0.15) is 37.7 Å². The Morgan fingerprint density at radius 2 is 1.90 bits per heavy atom.